The van der Waals surface area contributed by atoms with Crippen molar-refractivity contribution in [3.05, 3.63) is 40.8 Å². The van der Waals surface area contributed by atoms with Crippen molar-refractivity contribution in [3.63, 3.8) is 0 Å². The molecule has 110 valence electrons. The molecule has 0 radical (unpaired) electrons. The van der Waals surface area contributed by atoms with Crippen LogP contribution in [0.2, 0.25) is 5.02 Å². The van der Waals surface area contributed by atoms with Gasteiger partial charge in [-0.25, -0.2) is 4.39 Å². The Hall–Kier alpha value is -2.32. The van der Waals surface area contributed by atoms with Crippen molar-refractivity contribution in [2.24, 2.45) is 0 Å². The summed E-state index contributed by atoms with van der Waals surface area (Å²) in [6.07, 6.45) is 0. The Morgan fingerprint density at radius 2 is 2.14 bits per heavy atom. The minimum atomic E-state index is -0.405. The van der Waals surface area contributed by atoms with Crippen LogP contribution in [0.1, 0.15) is 5.69 Å². The van der Waals surface area contributed by atoms with Crippen LogP contribution >= 0.6 is 22.9 Å². The third kappa shape index (κ3) is 2.08. The van der Waals surface area contributed by atoms with E-state index in [1.54, 1.807) is 6.07 Å². The second kappa shape index (κ2) is 4.85. The van der Waals surface area contributed by atoms with Gasteiger partial charge in [0.2, 0.25) is 4.96 Å². The molecule has 0 saturated heterocycles. The van der Waals surface area contributed by atoms with Crippen molar-refractivity contribution in [3.8, 4) is 22.2 Å². The van der Waals surface area contributed by atoms with Gasteiger partial charge in [-0.3, -0.25) is 0 Å². The average molecular weight is 336 g/mol. The molecule has 3 heterocycles. The van der Waals surface area contributed by atoms with Gasteiger partial charge < -0.3 is 4.52 Å². The molecule has 4 aromatic rings. The third-order valence-corrected chi connectivity index (χ3v) is 4.24. The predicted molar refractivity (Wildman–Crippen MR) is 79.3 cm³/mol. The van der Waals surface area contributed by atoms with Gasteiger partial charge >= 0.3 is 0 Å². The Labute approximate surface area is 132 Å². The number of halogens is 2. The summed E-state index contributed by atoms with van der Waals surface area (Å²) in [5, 5.41) is 17.3. The summed E-state index contributed by atoms with van der Waals surface area (Å²) in [7, 11) is 0. The molecule has 4 rings (SSSR count). The van der Waals surface area contributed by atoms with Crippen LogP contribution in [-0.2, 0) is 0 Å². The van der Waals surface area contributed by atoms with Crippen LogP contribution in [0, 0.1) is 12.7 Å². The smallest absolute Gasteiger partial charge is 0.235 e. The van der Waals surface area contributed by atoms with E-state index < -0.39 is 5.82 Å². The standard InChI is InChI=1S/C13H7ClFN5OS/c1-6-4-10(21-19-6)12-18-20-11(16-17-13(20)22-12)8-5-7(15)2-3-9(8)14/h2-5H,1H3. The molecule has 0 amide bonds. The molecule has 3 aromatic heterocycles. The second-order valence-electron chi connectivity index (χ2n) is 4.58. The molecule has 0 unspecified atom stereocenters. The van der Waals surface area contributed by atoms with Crippen LogP contribution in [0.5, 0.6) is 0 Å². The Balaban J connectivity index is 1.89. The molecule has 0 spiro atoms. The summed E-state index contributed by atoms with van der Waals surface area (Å²) >= 11 is 7.41. The second-order valence-corrected chi connectivity index (χ2v) is 5.95. The Morgan fingerprint density at radius 3 is 2.91 bits per heavy atom. The highest BCUT2D eigenvalue weighted by Gasteiger charge is 2.18. The summed E-state index contributed by atoms with van der Waals surface area (Å²) in [6, 6.07) is 5.84. The minimum Gasteiger partial charge on any atom is -0.353 e. The molecule has 1 aromatic carbocycles. The molecule has 9 heteroatoms. The maximum Gasteiger partial charge on any atom is 0.235 e. The van der Waals surface area contributed by atoms with Gasteiger partial charge in [-0.15, -0.1) is 15.3 Å². The van der Waals surface area contributed by atoms with Gasteiger partial charge in [0.05, 0.1) is 10.7 Å². The number of rotatable bonds is 2. The molecule has 22 heavy (non-hydrogen) atoms. The number of aryl methyl sites for hydroxylation is 1. The fraction of sp³-hybridized carbons (Fsp3) is 0.0769. The van der Waals surface area contributed by atoms with Crippen LogP contribution in [0.25, 0.3) is 27.1 Å². The molecule has 0 aliphatic carbocycles. The monoisotopic (exact) mass is 335 g/mol. The zero-order chi connectivity index (χ0) is 15.3. The number of hydrogen-bond donors (Lipinski definition) is 0. The van der Waals surface area contributed by atoms with Crippen LogP contribution in [0.3, 0.4) is 0 Å². The SMILES string of the molecule is Cc1cc(-c2nn3c(-c4cc(F)ccc4Cl)nnc3s2)on1. The summed E-state index contributed by atoms with van der Waals surface area (Å²) in [5.74, 6) is 0.514. The van der Waals surface area contributed by atoms with Gasteiger partial charge in [-0.1, -0.05) is 28.1 Å². The first-order chi connectivity index (χ1) is 10.6. The normalized spacial score (nSPS) is 11.4. The van der Waals surface area contributed by atoms with Crippen LogP contribution in [0.4, 0.5) is 4.39 Å². The van der Waals surface area contributed by atoms with Crippen LogP contribution < -0.4 is 0 Å². The van der Waals surface area contributed by atoms with E-state index in [9.17, 15) is 4.39 Å². The fourth-order valence-corrected chi connectivity index (χ4v) is 3.01. The fourth-order valence-electron chi connectivity index (χ4n) is 2.02. The summed E-state index contributed by atoms with van der Waals surface area (Å²) < 4.78 is 20.2. The van der Waals surface area contributed by atoms with Gasteiger partial charge in [0.15, 0.2) is 16.6 Å². The quantitative estimate of drug-likeness (QED) is 0.559. The van der Waals surface area contributed by atoms with E-state index >= 15 is 0 Å². The van der Waals surface area contributed by atoms with Crippen molar-refractivity contribution in [1.29, 1.82) is 0 Å². The number of hydrogen-bond acceptors (Lipinski definition) is 6. The lowest BCUT2D eigenvalue weighted by atomic mass is 10.2. The number of benzene rings is 1. The lowest BCUT2D eigenvalue weighted by Gasteiger charge is -2.00. The molecule has 0 atom stereocenters. The first-order valence-electron chi connectivity index (χ1n) is 6.23. The third-order valence-electron chi connectivity index (χ3n) is 3.00. The summed E-state index contributed by atoms with van der Waals surface area (Å²) in [6.45, 7) is 1.82. The summed E-state index contributed by atoms with van der Waals surface area (Å²) in [4.78, 5) is 0.555. The van der Waals surface area contributed by atoms with Gasteiger partial charge in [0.25, 0.3) is 0 Å². The number of aromatic nitrogens is 5. The molecule has 0 aliphatic heterocycles. The van der Waals surface area contributed by atoms with E-state index in [0.717, 1.165) is 5.69 Å². The number of nitrogens with zero attached hydrogens (tertiary/aromatic N) is 5. The zero-order valence-corrected chi connectivity index (χ0v) is 12.7. The zero-order valence-electron chi connectivity index (χ0n) is 11.1. The molecular weight excluding hydrogens is 329 g/mol. The highest BCUT2D eigenvalue weighted by atomic mass is 35.5. The highest BCUT2D eigenvalue weighted by molar-refractivity contribution is 7.19. The maximum absolute atomic E-state index is 13.5. The first-order valence-corrected chi connectivity index (χ1v) is 7.42. The lowest BCUT2D eigenvalue weighted by molar-refractivity contribution is 0.426. The molecule has 6 nitrogen and oxygen atoms in total. The van der Waals surface area contributed by atoms with Crippen molar-refractivity contribution in [1.82, 2.24) is 25.0 Å². The highest BCUT2D eigenvalue weighted by Crippen LogP contribution is 2.31. The van der Waals surface area contributed by atoms with Gasteiger partial charge in [0, 0.05) is 11.6 Å². The van der Waals surface area contributed by atoms with E-state index in [1.165, 1.54) is 34.1 Å². The van der Waals surface area contributed by atoms with Crippen molar-refractivity contribution in [2.75, 3.05) is 0 Å². The van der Waals surface area contributed by atoms with Gasteiger partial charge in [0.1, 0.15) is 5.82 Å². The predicted octanol–water partition coefficient (Wildman–Crippen LogP) is 3.61. The molecular formula is C13H7ClFN5OS. The summed E-state index contributed by atoms with van der Waals surface area (Å²) in [5.41, 5.74) is 1.19. The first kappa shape index (κ1) is 13.4. The van der Waals surface area contributed by atoms with E-state index in [2.05, 4.69) is 20.5 Å². The molecule has 0 N–H and O–H groups in total. The van der Waals surface area contributed by atoms with E-state index in [0.29, 0.717) is 32.1 Å². The largest absolute Gasteiger partial charge is 0.353 e. The van der Waals surface area contributed by atoms with Crippen molar-refractivity contribution < 1.29 is 8.91 Å². The molecule has 0 saturated carbocycles. The van der Waals surface area contributed by atoms with Crippen LogP contribution in [0.15, 0.2) is 28.8 Å². The molecule has 0 aliphatic rings. The van der Waals surface area contributed by atoms with Gasteiger partial charge in [-0.05, 0) is 25.1 Å². The Bertz CT molecular complexity index is 992. The topological polar surface area (TPSA) is 69.1 Å². The van der Waals surface area contributed by atoms with E-state index in [1.807, 2.05) is 6.92 Å². The maximum atomic E-state index is 13.5. The molecule has 0 bridgehead atoms. The lowest BCUT2D eigenvalue weighted by Crippen LogP contribution is -1.92. The van der Waals surface area contributed by atoms with Crippen molar-refractivity contribution >= 4 is 27.9 Å². The number of fused-ring (bicyclic) bond motifs is 1. The van der Waals surface area contributed by atoms with E-state index in [4.69, 9.17) is 16.1 Å². The Morgan fingerprint density at radius 1 is 1.27 bits per heavy atom. The van der Waals surface area contributed by atoms with E-state index in [-0.39, 0.29) is 0 Å². The van der Waals surface area contributed by atoms with Crippen LogP contribution in [-0.4, -0.2) is 25.0 Å². The van der Waals surface area contributed by atoms with Crippen molar-refractivity contribution in [2.45, 2.75) is 6.92 Å². The van der Waals surface area contributed by atoms with Gasteiger partial charge in [-0.2, -0.15) is 4.52 Å². The Kier molecular flexibility index (Phi) is 2.95. The molecule has 0 fully saturated rings. The minimum absolute atomic E-state index is 0.373. The average Bonchev–Trinajstić information content (AvgIpc) is 3.16.